The zero-order valence-electron chi connectivity index (χ0n) is 8.47. The van der Waals surface area contributed by atoms with Gasteiger partial charge in [0, 0.05) is 5.69 Å². The lowest BCUT2D eigenvalue weighted by Crippen LogP contribution is -2.17. The van der Waals surface area contributed by atoms with E-state index in [0.29, 0.717) is 5.52 Å². The first-order valence-corrected chi connectivity index (χ1v) is 4.55. The van der Waals surface area contributed by atoms with Crippen LogP contribution in [-0.4, -0.2) is 9.38 Å². The van der Waals surface area contributed by atoms with Gasteiger partial charge in [-0.25, -0.2) is 9.20 Å². The lowest BCUT2D eigenvalue weighted by atomic mass is 10.4. The second-order valence-corrected chi connectivity index (χ2v) is 2.67. The van der Waals surface area contributed by atoms with Gasteiger partial charge in [0.1, 0.15) is 0 Å². The van der Waals surface area contributed by atoms with Crippen molar-refractivity contribution in [3.63, 3.8) is 0 Å². The quantitative estimate of drug-likeness (QED) is 0.688. The normalized spacial score (nSPS) is 9.71. The number of rotatable bonds is 0. The van der Waals surface area contributed by atoms with Crippen LogP contribution < -0.4 is 5.69 Å². The van der Waals surface area contributed by atoms with Gasteiger partial charge in [0.25, 0.3) is 0 Å². The van der Waals surface area contributed by atoms with Crippen LogP contribution in [0.4, 0.5) is 4.39 Å². The van der Waals surface area contributed by atoms with E-state index in [9.17, 15) is 9.18 Å². The fourth-order valence-corrected chi connectivity index (χ4v) is 1.24. The van der Waals surface area contributed by atoms with Gasteiger partial charge < -0.3 is 4.98 Å². The SMILES string of the molecule is CC.Cc1cc2ccc(F)n2c(=O)[nH]1. The van der Waals surface area contributed by atoms with Crippen LogP contribution in [0.5, 0.6) is 0 Å². The van der Waals surface area contributed by atoms with Crippen LogP contribution in [0.25, 0.3) is 5.52 Å². The number of aromatic amines is 1. The second kappa shape index (κ2) is 4.09. The average molecular weight is 196 g/mol. The Kier molecular flexibility index (Phi) is 3.06. The Morgan fingerprint density at radius 3 is 2.64 bits per heavy atom. The molecule has 0 aromatic carbocycles. The van der Waals surface area contributed by atoms with Crippen molar-refractivity contribution >= 4 is 5.52 Å². The molecule has 0 saturated heterocycles. The molecule has 0 atom stereocenters. The highest BCUT2D eigenvalue weighted by molar-refractivity contribution is 5.47. The van der Waals surface area contributed by atoms with E-state index in [-0.39, 0.29) is 0 Å². The van der Waals surface area contributed by atoms with Crippen LogP contribution in [0, 0.1) is 12.9 Å². The van der Waals surface area contributed by atoms with Crippen LogP contribution >= 0.6 is 0 Å². The summed E-state index contributed by atoms with van der Waals surface area (Å²) in [5.74, 6) is -0.536. The standard InChI is InChI=1S/C8H7FN2O.C2H6/c1-5-4-6-2-3-7(9)11(6)8(12)10-5;1-2/h2-4H,1H3,(H,10,12);1-2H3. The predicted octanol–water partition coefficient (Wildman–Crippen LogP) is 2.10. The van der Waals surface area contributed by atoms with Crippen LogP contribution in [0.1, 0.15) is 19.5 Å². The fraction of sp³-hybridized carbons (Fsp3) is 0.300. The Bertz CT molecular complexity index is 484. The highest BCUT2D eigenvalue weighted by atomic mass is 19.1. The lowest BCUT2D eigenvalue weighted by molar-refractivity contribution is 0.564. The lowest BCUT2D eigenvalue weighted by Gasteiger charge is -1.95. The van der Waals surface area contributed by atoms with E-state index in [4.69, 9.17) is 0 Å². The molecule has 0 fully saturated rings. The molecule has 1 N–H and O–H groups in total. The van der Waals surface area contributed by atoms with Gasteiger partial charge >= 0.3 is 5.69 Å². The topological polar surface area (TPSA) is 37.3 Å². The number of nitrogens with zero attached hydrogens (tertiary/aromatic N) is 1. The minimum atomic E-state index is -0.536. The van der Waals surface area contributed by atoms with Crippen molar-refractivity contribution in [2.75, 3.05) is 0 Å². The maximum atomic E-state index is 12.9. The molecule has 0 spiro atoms. The molecule has 0 amide bonds. The van der Waals surface area contributed by atoms with Crippen molar-refractivity contribution in [3.8, 4) is 0 Å². The second-order valence-electron chi connectivity index (χ2n) is 2.67. The molecular formula is C10H13FN2O. The van der Waals surface area contributed by atoms with Crippen molar-refractivity contribution in [1.82, 2.24) is 9.38 Å². The van der Waals surface area contributed by atoms with Crippen molar-refractivity contribution < 1.29 is 4.39 Å². The fourth-order valence-electron chi connectivity index (χ4n) is 1.24. The van der Waals surface area contributed by atoms with E-state index < -0.39 is 11.6 Å². The Balaban J connectivity index is 0.000000461. The van der Waals surface area contributed by atoms with Crippen LogP contribution in [0.2, 0.25) is 0 Å². The van der Waals surface area contributed by atoms with Gasteiger partial charge in [0.2, 0.25) is 5.95 Å². The first-order valence-electron chi connectivity index (χ1n) is 4.55. The largest absolute Gasteiger partial charge is 0.332 e. The predicted molar refractivity (Wildman–Crippen MR) is 54.1 cm³/mol. The zero-order valence-corrected chi connectivity index (χ0v) is 8.47. The Hall–Kier alpha value is -1.58. The minimum Gasteiger partial charge on any atom is -0.311 e. The molecule has 0 aliphatic heterocycles. The van der Waals surface area contributed by atoms with Gasteiger partial charge in [-0.1, -0.05) is 13.8 Å². The summed E-state index contributed by atoms with van der Waals surface area (Å²) in [7, 11) is 0. The Labute approximate surface area is 81.2 Å². The van der Waals surface area contributed by atoms with E-state index in [1.54, 1.807) is 19.1 Å². The molecule has 14 heavy (non-hydrogen) atoms. The molecule has 2 aromatic heterocycles. The van der Waals surface area contributed by atoms with Crippen molar-refractivity contribution in [3.05, 3.63) is 40.3 Å². The summed E-state index contributed by atoms with van der Waals surface area (Å²) in [5.41, 5.74) is 0.867. The van der Waals surface area contributed by atoms with E-state index in [1.165, 1.54) is 6.07 Å². The third kappa shape index (κ3) is 1.69. The van der Waals surface area contributed by atoms with E-state index in [2.05, 4.69) is 4.98 Å². The summed E-state index contributed by atoms with van der Waals surface area (Å²) in [6, 6.07) is 4.55. The third-order valence-corrected chi connectivity index (χ3v) is 1.74. The number of H-pyrrole nitrogens is 1. The summed E-state index contributed by atoms with van der Waals surface area (Å²) >= 11 is 0. The molecule has 0 radical (unpaired) electrons. The molecule has 0 unspecified atom stereocenters. The summed E-state index contributed by atoms with van der Waals surface area (Å²) in [4.78, 5) is 13.7. The van der Waals surface area contributed by atoms with Gasteiger partial charge in [-0.05, 0) is 25.1 Å². The molecule has 2 heterocycles. The molecule has 3 nitrogen and oxygen atoms in total. The summed E-state index contributed by atoms with van der Waals surface area (Å²) in [5, 5.41) is 0. The highest BCUT2D eigenvalue weighted by Gasteiger charge is 2.03. The number of aryl methyl sites for hydroxylation is 1. The van der Waals surface area contributed by atoms with Crippen LogP contribution in [0.15, 0.2) is 23.0 Å². The van der Waals surface area contributed by atoms with Gasteiger partial charge in [-0.3, -0.25) is 0 Å². The summed E-state index contributed by atoms with van der Waals surface area (Å²) in [6.45, 7) is 5.76. The molecule has 2 rings (SSSR count). The maximum absolute atomic E-state index is 12.9. The number of aromatic nitrogens is 2. The molecule has 4 heteroatoms. The Morgan fingerprint density at radius 1 is 1.36 bits per heavy atom. The van der Waals surface area contributed by atoms with Crippen molar-refractivity contribution in [2.24, 2.45) is 0 Å². The monoisotopic (exact) mass is 196 g/mol. The summed E-state index contributed by atoms with van der Waals surface area (Å²) in [6.07, 6.45) is 0. The number of halogens is 1. The number of fused-ring (bicyclic) bond motifs is 1. The van der Waals surface area contributed by atoms with Gasteiger partial charge in [0.05, 0.1) is 5.52 Å². The van der Waals surface area contributed by atoms with E-state index in [1.807, 2.05) is 13.8 Å². The third-order valence-electron chi connectivity index (χ3n) is 1.74. The maximum Gasteiger partial charge on any atom is 0.332 e. The molecule has 2 aromatic rings. The molecule has 76 valence electrons. The zero-order chi connectivity index (χ0) is 10.7. The summed E-state index contributed by atoms with van der Waals surface area (Å²) < 4.78 is 13.9. The molecule has 0 aliphatic rings. The molecule has 0 saturated carbocycles. The molecule has 0 bridgehead atoms. The van der Waals surface area contributed by atoms with Gasteiger partial charge in [0.15, 0.2) is 0 Å². The Morgan fingerprint density at radius 2 is 2.00 bits per heavy atom. The van der Waals surface area contributed by atoms with E-state index >= 15 is 0 Å². The number of hydrogen-bond acceptors (Lipinski definition) is 1. The van der Waals surface area contributed by atoms with E-state index in [0.717, 1.165) is 10.1 Å². The smallest absolute Gasteiger partial charge is 0.311 e. The highest BCUT2D eigenvalue weighted by Crippen LogP contribution is 2.05. The van der Waals surface area contributed by atoms with Crippen LogP contribution in [-0.2, 0) is 0 Å². The van der Waals surface area contributed by atoms with Gasteiger partial charge in [-0.2, -0.15) is 4.39 Å². The number of hydrogen-bond donors (Lipinski definition) is 1. The number of nitrogens with one attached hydrogen (secondary N) is 1. The van der Waals surface area contributed by atoms with Crippen molar-refractivity contribution in [2.45, 2.75) is 20.8 Å². The average Bonchev–Trinajstić information content (AvgIpc) is 2.51. The first-order chi connectivity index (χ1) is 6.68. The van der Waals surface area contributed by atoms with Gasteiger partial charge in [-0.15, -0.1) is 0 Å². The molecular weight excluding hydrogens is 183 g/mol. The van der Waals surface area contributed by atoms with Crippen LogP contribution in [0.3, 0.4) is 0 Å². The van der Waals surface area contributed by atoms with Crippen molar-refractivity contribution in [1.29, 1.82) is 0 Å². The molecule has 0 aliphatic carbocycles. The first kappa shape index (κ1) is 10.5. The minimum absolute atomic E-state index is 0.437.